The summed E-state index contributed by atoms with van der Waals surface area (Å²) in [5, 5.41) is 3.26. The van der Waals surface area contributed by atoms with Gasteiger partial charge >= 0.3 is 0 Å². The zero-order valence-electron chi connectivity index (χ0n) is 6.93. The SMILES string of the molecule is Cc1ccnc(N=[N+]=[N-])c1C(N)=O. The molecule has 0 aliphatic rings. The maximum absolute atomic E-state index is 10.9. The predicted molar refractivity (Wildman–Crippen MR) is 46.3 cm³/mol. The van der Waals surface area contributed by atoms with Gasteiger partial charge in [0, 0.05) is 11.1 Å². The van der Waals surface area contributed by atoms with Gasteiger partial charge in [-0.15, -0.1) is 0 Å². The molecule has 0 radical (unpaired) electrons. The molecule has 0 saturated carbocycles. The number of hydrogen-bond donors (Lipinski definition) is 1. The first-order valence-corrected chi connectivity index (χ1v) is 3.47. The molecule has 0 aliphatic carbocycles. The fourth-order valence-electron chi connectivity index (χ4n) is 0.967. The Kier molecular flexibility index (Phi) is 2.47. The topological polar surface area (TPSA) is 105 Å². The molecule has 0 bridgehead atoms. The van der Waals surface area contributed by atoms with Crippen molar-refractivity contribution < 1.29 is 4.79 Å². The van der Waals surface area contributed by atoms with Gasteiger partial charge in [0.25, 0.3) is 5.91 Å². The average molecular weight is 177 g/mol. The van der Waals surface area contributed by atoms with Crippen LogP contribution >= 0.6 is 0 Å². The van der Waals surface area contributed by atoms with E-state index in [-0.39, 0.29) is 11.4 Å². The van der Waals surface area contributed by atoms with E-state index in [1.807, 2.05) is 0 Å². The second-order valence-electron chi connectivity index (χ2n) is 2.38. The Morgan fingerprint density at radius 3 is 3.00 bits per heavy atom. The molecule has 2 N–H and O–H groups in total. The average Bonchev–Trinajstić information content (AvgIpc) is 2.04. The molecular formula is C7H7N5O. The first-order chi connectivity index (χ1) is 6.16. The minimum absolute atomic E-state index is 0.0231. The quantitative estimate of drug-likeness (QED) is 0.419. The highest BCUT2D eigenvalue weighted by Gasteiger charge is 2.10. The summed E-state index contributed by atoms with van der Waals surface area (Å²) in [6.45, 7) is 1.69. The summed E-state index contributed by atoms with van der Waals surface area (Å²) in [4.78, 5) is 17.2. The van der Waals surface area contributed by atoms with Crippen molar-refractivity contribution in [2.75, 3.05) is 0 Å². The van der Waals surface area contributed by atoms with E-state index in [0.717, 1.165) is 0 Å². The Morgan fingerprint density at radius 2 is 2.46 bits per heavy atom. The standard InChI is InChI=1S/C7H7N5O/c1-4-2-3-10-7(11-12-9)5(4)6(8)13/h2-3H,1H3,(H2,8,13). The third-order valence-corrected chi connectivity index (χ3v) is 1.53. The summed E-state index contributed by atoms with van der Waals surface area (Å²) in [7, 11) is 0. The summed E-state index contributed by atoms with van der Waals surface area (Å²) in [6, 6.07) is 1.62. The molecule has 0 spiro atoms. The fraction of sp³-hybridized carbons (Fsp3) is 0.143. The Bertz CT molecular complexity index is 394. The number of azide groups is 1. The van der Waals surface area contributed by atoms with Crippen LogP contribution in [0.5, 0.6) is 0 Å². The number of amides is 1. The van der Waals surface area contributed by atoms with Gasteiger partial charge in [0.05, 0.1) is 5.56 Å². The molecule has 6 heteroatoms. The highest BCUT2D eigenvalue weighted by molar-refractivity contribution is 5.98. The van der Waals surface area contributed by atoms with Gasteiger partial charge in [0.15, 0.2) is 0 Å². The van der Waals surface area contributed by atoms with E-state index in [9.17, 15) is 4.79 Å². The molecule has 0 atom stereocenters. The number of pyridine rings is 1. The normalized spacial score (nSPS) is 9.00. The fourth-order valence-corrected chi connectivity index (χ4v) is 0.967. The third-order valence-electron chi connectivity index (χ3n) is 1.53. The molecule has 1 aromatic rings. The highest BCUT2D eigenvalue weighted by atomic mass is 16.1. The summed E-state index contributed by atoms with van der Waals surface area (Å²) in [5.74, 6) is -0.622. The van der Waals surface area contributed by atoms with Crippen LogP contribution < -0.4 is 5.73 Å². The van der Waals surface area contributed by atoms with Gasteiger partial charge in [-0.2, -0.15) is 0 Å². The van der Waals surface area contributed by atoms with Crippen LogP contribution in [0.3, 0.4) is 0 Å². The monoisotopic (exact) mass is 177 g/mol. The van der Waals surface area contributed by atoms with Crippen LogP contribution in [0.25, 0.3) is 10.4 Å². The lowest BCUT2D eigenvalue weighted by Gasteiger charge is -2.02. The number of aryl methyl sites for hydroxylation is 1. The Labute approximate surface area is 74.0 Å². The van der Waals surface area contributed by atoms with Crippen LogP contribution in [0.2, 0.25) is 0 Å². The number of primary amides is 1. The van der Waals surface area contributed by atoms with Crippen LogP contribution in [-0.4, -0.2) is 10.9 Å². The summed E-state index contributed by atoms with van der Waals surface area (Å²) >= 11 is 0. The largest absolute Gasteiger partial charge is 0.366 e. The van der Waals surface area contributed by atoms with Crippen molar-refractivity contribution in [2.45, 2.75) is 6.92 Å². The molecule has 0 aliphatic heterocycles. The minimum atomic E-state index is -0.645. The van der Waals surface area contributed by atoms with Crippen molar-refractivity contribution in [1.82, 2.24) is 4.98 Å². The first kappa shape index (κ1) is 9.02. The molecule has 0 aromatic carbocycles. The Balaban J connectivity index is 3.42. The van der Waals surface area contributed by atoms with Crippen LogP contribution in [0.1, 0.15) is 15.9 Å². The lowest BCUT2D eigenvalue weighted by molar-refractivity contribution is 0.1000. The zero-order valence-corrected chi connectivity index (χ0v) is 6.93. The van der Waals surface area contributed by atoms with E-state index in [1.54, 1.807) is 13.0 Å². The molecule has 0 saturated heterocycles. The number of nitrogens with zero attached hydrogens (tertiary/aromatic N) is 4. The van der Waals surface area contributed by atoms with E-state index in [2.05, 4.69) is 15.0 Å². The van der Waals surface area contributed by atoms with E-state index in [1.165, 1.54) is 6.20 Å². The molecule has 1 amide bonds. The van der Waals surface area contributed by atoms with Crippen LogP contribution in [0.4, 0.5) is 5.82 Å². The second-order valence-corrected chi connectivity index (χ2v) is 2.38. The smallest absolute Gasteiger partial charge is 0.251 e. The molecule has 66 valence electrons. The van der Waals surface area contributed by atoms with Gasteiger partial charge in [0.1, 0.15) is 5.82 Å². The van der Waals surface area contributed by atoms with Crippen LogP contribution in [0.15, 0.2) is 17.4 Å². The molecule has 1 aromatic heterocycles. The number of hydrogen-bond acceptors (Lipinski definition) is 3. The van der Waals surface area contributed by atoms with Crippen molar-refractivity contribution in [3.8, 4) is 0 Å². The van der Waals surface area contributed by atoms with E-state index < -0.39 is 5.91 Å². The lowest BCUT2D eigenvalue weighted by Crippen LogP contribution is -2.13. The molecule has 0 unspecified atom stereocenters. The Morgan fingerprint density at radius 1 is 1.77 bits per heavy atom. The maximum Gasteiger partial charge on any atom is 0.251 e. The number of nitrogens with two attached hydrogens (primary N) is 1. The summed E-state index contributed by atoms with van der Waals surface area (Å²) < 4.78 is 0. The molecule has 6 nitrogen and oxygen atoms in total. The van der Waals surface area contributed by atoms with Crippen molar-refractivity contribution in [2.24, 2.45) is 10.8 Å². The van der Waals surface area contributed by atoms with Gasteiger partial charge in [-0.3, -0.25) is 9.78 Å². The lowest BCUT2D eigenvalue weighted by atomic mass is 10.1. The van der Waals surface area contributed by atoms with Crippen molar-refractivity contribution >= 4 is 11.7 Å². The van der Waals surface area contributed by atoms with E-state index >= 15 is 0 Å². The van der Waals surface area contributed by atoms with Gasteiger partial charge in [-0.05, 0) is 29.2 Å². The molecule has 1 heterocycles. The van der Waals surface area contributed by atoms with Crippen LogP contribution in [-0.2, 0) is 0 Å². The number of carbonyl (C=O) groups is 1. The molecule has 1 rings (SSSR count). The molecule has 13 heavy (non-hydrogen) atoms. The highest BCUT2D eigenvalue weighted by Crippen LogP contribution is 2.18. The molecular weight excluding hydrogens is 170 g/mol. The maximum atomic E-state index is 10.9. The number of aromatic nitrogens is 1. The van der Waals surface area contributed by atoms with E-state index in [4.69, 9.17) is 11.3 Å². The van der Waals surface area contributed by atoms with Crippen molar-refractivity contribution in [1.29, 1.82) is 0 Å². The number of rotatable bonds is 2. The predicted octanol–water partition coefficient (Wildman–Crippen LogP) is 1.43. The van der Waals surface area contributed by atoms with Gasteiger partial charge < -0.3 is 5.73 Å². The summed E-state index contributed by atoms with van der Waals surface area (Å²) in [6.07, 6.45) is 1.45. The minimum Gasteiger partial charge on any atom is -0.366 e. The van der Waals surface area contributed by atoms with Gasteiger partial charge in [-0.1, -0.05) is 0 Å². The first-order valence-electron chi connectivity index (χ1n) is 3.47. The van der Waals surface area contributed by atoms with E-state index in [0.29, 0.717) is 5.56 Å². The van der Waals surface area contributed by atoms with Crippen molar-refractivity contribution in [3.63, 3.8) is 0 Å². The van der Waals surface area contributed by atoms with Gasteiger partial charge in [0.2, 0.25) is 0 Å². The zero-order chi connectivity index (χ0) is 9.84. The summed E-state index contributed by atoms with van der Waals surface area (Å²) in [5.41, 5.74) is 14.1. The Hall–Kier alpha value is -2.07. The number of carbonyl (C=O) groups excluding carboxylic acids is 1. The second kappa shape index (κ2) is 3.55. The van der Waals surface area contributed by atoms with Gasteiger partial charge in [-0.25, -0.2) is 0 Å². The van der Waals surface area contributed by atoms with Crippen molar-refractivity contribution in [3.05, 3.63) is 33.8 Å². The third kappa shape index (κ3) is 1.74. The molecule has 0 fully saturated rings. The van der Waals surface area contributed by atoms with Crippen LogP contribution in [0, 0.1) is 6.92 Å².